The molecule has 6 heteroatoms. The number of carbonyl (C=O) groups excluding carboxylic acids is 1. The monoisotopic (exact) mass is 292 g/mol. The average Bonchev–Trinajstić information content (AvgIpc) is 2.76. The molecule has 1 amide bonds. The lowest BCUT2D eigenvalue weighted by Gasteiger charge is -2.05. The molecule has 0 fully saturated rings. The van der Waals surface area contributed by atoms with Gasteiger partial charge in [-0.2, -0.15) is 0 Å². The zero-order valence-electron chi connectivity index (χ0n) is 12.4. The number of hydrogen-bond acceptors (Lipinski definition) is 3. The molecular formula is C15H21FN4O. The smallest absolute Gasteiger partial charge is 0.220 e. The Morgan fingerprint density at radius 3 is 2.95 bits per heavy atom. The van der Waals surface area contributed by atoms with E-state index < -0.39 is 0 Å². The number of aryl methyl sites for hydroxylation is 1. The van der Waals surface area contributed by atoms with E-state index in [0.29, 0.717) is 19.4 Å². The summed E-state index contributed by atoms with van der Waals surface area (Å²) in [6.45, 7) is 1.38. The molecule has 0 radical (unpaired) electrons. The molecule has 0 saturated heterocycles. The van der Waals surface area contributed by atoms with Crippen molar-refractivity contribution in [3.8, 4) is 0 Å². The Morgan fingerprint density at radius 1 is 1.38 bits per heavy atom. The molecule has 0 aliphatic heterocycles. The third kappa shape index (κ3) is 4.01. The average molecular weight is 292 g/mol. The molecular weight excluding hydrogens is 271 g/mol. The lowest BCUT2D eigenvalue weighted by Crippen LogP contribution is -2.26. The Hall–Kier alpha value is -1.95. The molecule has 0 saturated carbocycles. The fraction of sp³-hybridized carbons (Fsp3) is 0.467. The maximum Gasteiger partial charge on any atom is 0.220 e. The highest BCUT2D eigenvalue weighted by atomic mass is 19.1. The number of carbonyl (C=O) groups is 1. The van der Waals surface area contributed by atoms with Gasteiger partial charge >= 0.3 is 0 Å². The molecule has 2 aromatic rings. The van der Waals surface area contributed by atoms with Crippen molar-refractivity contribution >= 4 is 16.9 Å². The van der Waals surface area contributed by atoms with Crippen LogP contribution in [-0.4, -0.2) is 35.6 Å². The summed E-state index contributed by atoms with van der Waals surface area (Å²) in [7, 11) is 3.73. The van der Waals surface area contributed by atoms with Crippen molar-refractivity contribution in [2.24, 2.45) is 7.05 Å². The largest absolute Gasteiger partial charge is 0.356 e. The van der Waals surface area contributed by atoms with Crippen LogP contribution in [0.25, 0.3) is 11.0 Å². The number of amides is 1. The van der Waals surface area contributed by atoms with Crippen molar-refractivity contribution in [1.29, 1.82) is 0 Å². The lowest BCUT2D eigenvalue weighted by molar-refractivity contribution is -0.121. The number of rotatable bonds is 7. The van der Waals surface area contributed by atoms with E-state index in [0.717, 1.165) is 29.8 Å². The normalized spacial score (nSPS) is 11.0. The van der Waals surface area contributed by atoms with E-state index in [4.69, 9.17) is 0 Å². The maximum absolute atomic E-state index is 13.2. The second-order valence-electron chi connectivity index (χ2n) is 5.03. The number of fused-ring (bicyclic) bond motifs is 1. The lowest BCUT2D eigenvalue weighted by atomic mass is 10.3. The Labute approximate surface area is 123 Å². The molecule has 2 rings (SSSR count). The summed E-state index contributed by atoms with van der Waals surface area (Å²) >= 11 is 0. The topological polar surface area (TPSA) is 59.0 Å². The van der Waals surface area contributed by atoms with E-state index in [2.05, 4.69) is 15.6 Å². The van der Waals surface area contributed by atoms with E-state index in [1.165, 1.54) is 12.1 Å². The fourth-order valence-corrected chi connectivity index (χ4v) is 2.26. The highest BCUT2D eigenvalue weighted by molar-refractivity contribution is 5.76. The molecule has 114 valence electrons. The van der Waals surface area contributed by atoms with Crippen molar-refractivity contribution in [2.75, 3.05) is 20.1 Å². The van der Waals surface area contributed by atoms with Gasteiger partial charge in [-0.25, -0.2) is 9.37 Å². The molecule has 0 aliphatic carbocycles. The number of nitrogens with zero attached hydrogens (tertiary/aromatic N) is 2. The third-order valence-electron chi connectivity index (χ3n) is 3.44. The standard InChI is InChI=1S/C15H21FN4O/c1-17-8-3-4-15(21)18-9-7-14-19-12-6-5-11(16)10-13(12)20(14)2/h5-6,10,17H,3-4,7-9H2,1-2H3,(H,18,21). The highest BCUT2D eigenvalue weighted by Crippen LogP contribution is 2.16. The van der Waals surface area contributed by atoms with Crippen LogP contribution in [0.15, 0.2) is 18.2 Å². The van der Waals surface area contributed by atoms with E-state index in [9.17, 15) is 9.18 Å². The van der Waals surface area contributed by atoms with Crippen molar-refractivity contribution in [2.45, 2.75) is 19.3 Å². The van der Waals surface area contributed by atoms with Gasteiger partial charge in [-0.1, -0.05) is 0 Å². The summed E-state index contributed by atoms with van der Waals surface area (Å²) in [6, 6.07) is 4.55. The maximum atomic E-state index is 13.2. The molecule has 0 aliphatic rings. The minimum atomic E-state index is -0.269. The highest BCUT2D eigenvalue weighted by Gasteiger charge is 2.09. The van der Waals surface area contributed by atoms with Gasteiger partial charge in [-0.15, -0.1) is 0 Å². The molecule has 5 nitrogen and oxygen atoms in total. The summed E-state index contributed by atoms with van der Waals surface area (Å²) in [5.41, 5.74) is 1.54. The Morgan fingerprint density at radius 2 is 2.19 bits per heavy atom. The molecule has 0 unspecified atom stereocenters. The fourth-order valence-electron chi connectivity index (χ4n) is 2.26. The van der Waals surface area contributed by atoms with Gasteiger partial charge in [-0.3, -0.25) is 4.79 Å². The predicted molar refractivity (Wildman–Crippen MR) is 80.5 cm³/mol. The van der Waals surface area contributed by atoms with Gasteiger partial charge in [0.2, 0.25) is 5.91 Å². The van der Waals surface area contributed by atoms with Crippen LogP contribution in [0, 0.1) is 5.82 Å². The summed E-state index contributed by atoms with van der Waals surface area (Å²) in [4.78, 5) is 16.1. The zero-order valence-corrected chi connectivity index (χ0v) is 12.4. The number of aromatic nitrogens is 2. The van der Waals surface area contributed by atoms with Crippen LogP contribution < -0.4 is 10.6 Å². The minimum absolute atomic E-state index is 0.0510. The summed E-state index contributed by atoms with van der Waals surface area (Å²) in [5, 5.41) is 5.89. The molecule has 21 heavy (non-hydrogen) atoms. The van der Waals surface area contributed by atoms with Crippen molar-refractivity contribution in [1.82, 2.24) is 20.2 Å². The second kappa shape index (κ2) is 7.17. The number of hydrogen-bond donors (Lipinski definition) is 2. The van der Waals surface area contributed by atoms with Crippen molar-refractivity contribution < 1.29 is 9.18 Å². The summed E-state index contributed by atoms with van der Waals surface area (Å²) in [6.07, 6.45) is 1.98. The van der Waals surface area contributed by atoms with Crippen LogP contribution in [0.2, 0.25) is 0 Å². The van der Waals surface area contributed by atoms with Gasteiger partial charge in [0.25, 0.3) is 0 Å². The third-order valence-corrected chi connectivity index (χ3v) is 3.44. The van der Waals surface area contributed by atoms with Crippen LogP contribution in [0.3, 0.4) is 0 Å². The first-order chi connectivity index (χ1) is 10.1. The van der Waals surface area contributed by atoms with E-state index in [-0.39, 0.29) is 11.7 Å². The Bertz CT molecular complexity index is 623. The van der Waals surface area contributed by atoms with Crippen LogP contribution in [-0.2, 0) is 18.3 Å². The zero-order chi connectivity index (χ0) is 15.2. The number of benzene rings is 1. The molecule has 1 aromatic heterocycles. The molecule has 2 N–H and O–H groups in total. The first kappa shape index (κ1) is 15.4. The first-order valence-corrected chi connectivity index (χ1v) is 7.14. The van der Waals surface area contributed by atoms with Crippen LogP contribution >= 0.6 is 0 Å². The van der Waals surface area contributed by atoms with Crippen LogP contribution in [0.1, 0.15) is 18.7 Å². The molecule has 0 bridgehead atoms. The van der Waals surface area contributed by atoms with Gasteiger partial charge in [0.05, 0.1) is 11.0 Å². The first-order valence-electron chi connectivity index (χ1n) is 7.14. The Balaban J connectivity index is 1.89. The second-order valence-corrected chi connectivity index (χ2v) is 5.03. The summed E-state index contributed by atoms with van der Waals surface area (Å²) in [5.74, 6) is 0.621. The number of halogens is 1. The molecule has 1 aromatic carbocycles. The summed E-state index contributed by atoms with van der Waals surface area (Å²) < 4.78 is 15.1. The van der Waals surface area contributed by atoms with Crippen LogP contribution in [0.5, 0.6) is 0 Å². The number of nitrogens with one attached hydrogen (secondary N) is 2. The quantitative estimate of drug-likeness (QED) is 0.758. The molecule has 0 spiro atoms. The Kier molecular flexibility index (Phi) is 5.27. The van der Waals surface area contributed by atoms with Crippen molar-refractivity contribution in [3.63, 3.8) is 0 Å². The minimum Gasteiger partial charge on any atom is -0.356 e. The predicted octanol–water partition coefficient (Wildman–Crippen LogP) is 1.37. The van der Waals surface area contributed by atoms with E-state index in [1.54, 1.807) is 6.07 Å². The van der Waals surface area contributed by atoms with Gasteiger partial charge < -0.3 is 15.2 Å². The van der Waals surface area contributed by atoms with Crippen LogP contribution in [0.4, 0.5) is 4.39 Å². The molecule has 1 heterocycles. The SMILES string of the molecule is CNCCCC(=O)NCCc1nc2ccc(F)cc2n1C. The van der Waals surface area contributed by atoms with Gasteiger partial charge in [-0.05, 0) is 38.2 Å². The van der Waals surface area contributed by atoms with Gasteiger partial charge in [0, 0.05) is 26.4 Å². The van der Waals surface area contributed by atoms with Gasteiger partial charge in [0.1, 0.15) is 11.6 Å². The van der Waals surface area contributed by atoms with Gasteiger partial charge in [0.15, 0.2) is 0 Å². The van der Waals surface area contributed by atoms with E-state index >= 15 is 0 Å². The molecule has 0 atom stereocenters. The number of imidazole rings is 1. The van der Waals surface area contributed by atoms with Crippen molar-refractivity contribution in [3.05, 3.63) is 29.8 Å². The van der Waals surface area contributed by atoms with E-state index in [1.807, 2.05) is 18.7 Å².